The molecule has 23 heavy (non-hydrogen) atoms. The Hall–Kier alpha value is -0.950. The van der Waals surface area contributed by atoms with Gasteiger partial charge in [0.1, 0.15) is 11.6 Å². The van der Waals surface area contributed by atoms with Crippen LogP contribution in [0.4, 0.5) is 10.9 Å². The van der Waals surface area contributed by atoms with Gasteiger partial charge in [-0.25, -0.2) is 15.0 Å². The van der Waals surface area contributed by atoms with E-state index in [1.807, 2.05) is 19.9 Å². The van der Waals surface area contributed by atoms with Gasteiger partial charge < -0.3 is 10.6 Å². The third kappa shape index (κ3) is 5.01. The van der Waals surface area contributed by atoms with Gasteiger partial charge >= 0.3 is 0 Å². The molecule has 1 aliphatic heterocycles. The number of anilines is 2. The third-order valence-electron chi connectivity index (χ3n) is 3.80. The predicted molar refractivity (Wildman–Crippen MR) is 101 cm³/mol. The number of hydrogen-bond acceptors (Lipinski definition) is 6. The standard InChI is InChI=1S/C15H21N5S.2ClH/c1-9-7-13(20-15-18-10(2)11(3)21-15)19-14(17-9)12-5-4-6-16-8-12;;/h7,12,16H,4-6,8H2,1-3H3,(H,17,18,19,20);2*1H. The summed E-state index contributed by atoms with van der Waals surface area (Å²) >= 11 is 1.66. The van der Waals surface area contributed by atoms with Gasteiger partial charge in [-0.3, -0.25) is 0 Å². The van der Waals surface area contributed by atoms with Gasteiger partial charge in [-0.15, -0.1) is 36.2 Å². The minimum atomic E-state index is 0. The van der Waals surface area contributed by atoms with Crippen LogP contribution in [-0.2, 0) is 0 Å². The molecule has 3 rings (SSSR count). The van der Waals surface area contributed by atoms with Crippen LogP contribution in [0.5, 0.6) is 0 Å². The summed E-state index contributed by atoms with van der Waals surface area (Å²) in [4.78, 5) is 15.1. The topological polar surface area (TPSA) is 62.7 Å². The van der Waals surface area contributed by atoms with Crippen LogP contribution in [0, 0.1) is 20.8 Å². The van der Waals surface area contributed by atoms with E-state index < -0.39 is 0 Å². The molecule has 5 nitrogen and oxygen atoms in total. The number of rotatable bonds is 3. The van der Waals surface area contributed by atoms with Gasteiger partial charge in [0.05, 0.1) is 5.69 Å². The van der Waals surface area contributed by atoms with E-state index in [2.05, 4.69) is 27.5 Å². The highest BCUT2D eigenvalue weighted by atomic mass is 35.5. The molecule has 2 aromatic heterocycles. The Balaban J connectivity index is 0.00000132. The van der Waals surface area contributed by atoms with Gasteiger partial charge in [-0.05, 0) is 40.2 Å². The molecule has 1 saturated heterocycles. The maximum atomic E-state index is 4.70. The number of aromatic nitrogens is 3. The molecule has 1 atom stereocenters. The fourth-order valence-electron chi connectivity index (χ4n) is 2.55. The van der Waals surface area contributed by atoms with Crippen molar-refractivity contribution in [3.05, 3.63) is 28.2 Å². The highest BCUT2D eigenvalue weighted by molar-refractivity contribution is 7.15. The minimum absolute atomic E-state index is 0. The van der Waals surface area contributed by atoms with Crippen molar-refractivity contribution in [2.75, 3.05) is 18.4 Å². The van der Waals surface area contributed by atoms with Crippen LogP contribution in [0.2, 0.25) is 0 Å². The first-order chi connectivity index (χ1) is 10.1. The SMILES string of the molecule is Cc1cc(Nc2nc(C)c(C)s2)nc(C2CCCNC2)n1.Cl.Cl. The largest absolute Gasteiger partial charge is 0.316 e. The summed E-state index contributed by atoms with van der Waals surface area (Å²) in [5, 5.41) is 7.64. The van der Waals surface area contributed by atoms with Gasteiger partial charge in [0.15, 0.2) is 5.13 Å². The molecule has 0 aliphatic carbocycles. The van der Waals surface area contributed by atoms with Crippen LogP contribution in [0.25, 0.3) is 0 Å². The molecular weight excluding hydrogens is 353 g/mol. The van der Waals surface area contributed by atoms with Crippen molar-refractivity contribution in [2.45, 2.75) is 39.5 Å². The summed E-state index contributed by atoms with van der Waals surface area (Å²) in [5.41, 5.74) is 2.07. The summed E-state index contributed by atoms with van der Waals surface area (Å²) < 4.78 is 0. The van der Waals surface area contributed by atoms with Crippen LogP contribution in [0.1, 0.15) is 40.8 Å². The van der Waals surface area contributed by atoms with Crippen LogP contribution >= 0.6 is 36.2 Å². The lowest BCUT2D eigenvalue weighted by Crippen LogP contribution is -2.29. The van der Waals surface area contributed by atoms with E-state index >= 15 is 0 Å². The molecular formula is C15H23Cl2N5S. The second kappa shape index (κ2) is 8.78. The summed E-state index contributed by atoms with van der Waals surface area (Å²) in [6, 6.07) is 1.98. The molecule has 1 aliphatic rings. The first-order valence-electron chi connectivity index (χ1n) is 7.39. The molecule has 3 heterocycles. The van der Waals surface area contributed by atoms with Crippen molar-refractivity contribution in [1.82, 2.24) is 20.3 Å². The number of hydrogen-bond donors (Lipinski definition) is 2. The lowest BCUT2D eigenvalue weighted by molar-refractivity contribution is 0.446. The molecule has 128 valence electrons. The Morgan fingerprint density at radius 3 is 2.57 bits per heavy atom. The summed E-state index contributed by atoms with van der Waals surface area (Å²) in [6.45, 7) is 8.21. The van der Waals surface area contributed by atoms with Crippen molar-refractivity contribution < 1.29 is 0 Å². The normalized spacial score (nSPS) is 17.1. The van der Waals surface area contributed by atoms with Crippen LogP contribution in [0.3, 0.4) is 0 Å². The number of aryl methyl sites for hydroxylation is 3. The first kappa shape index (κ1) is 20.1. The van der Waals surface area contributed by atoms with Crippen molar-refractivity contribution in [2.24, 2.45) is 0 Å². The Morgan fingerprint density at radius 1 is 1.17 bits per heavy atom. The predicted octanol–water partition coefficient (Wildman–Crippen LogP) is 3.91. The Morgan fingerprint density at radius 2 is 1.96 bits per heavy atom. The number of thiazole rings is 1. The maximum Gasteiger partial charge on any atom is 0.188 e. The van der Waals surface area contributed by atoms with E-state index in [1.54, 1.807) is 11.3 Å². The van der Waals surface area contributed by atoms with E-state index in [9.17, 15) is 0 Å². The van der Waals surface area contributed by atoms with Crippen molar-refractivity contribution in [1.29, 1.82) is 0 Å². The number of nitrogens with one attached hydrogen (secondary N) is 2. The van der Waals surface area contributed by atoms with Crippen LogP contribution in [0.15, 0.2) is 6.07 Å². The molecule has 0 amide bonds. The lowest BCUT2D eigenvalue weighted by Gasteiger charge is -2.22. The molecule has 2 aromatic rings. The van der Waals surface area contributed by atoms with E-state index in [-0.39, 0.29) is 24.8 Å². The number of halogens is 2. The molecule has 1 fully saturated rings. The number of nitrogens with zero attached hydrogens (tertiary/aromatic N) is 3. The van der Waals surface area contributed by atoms with Gasteiger partial charge in [0.25, 0.3) is 0 Å². The Kier molecular flexibility index (Phi) is 7.67. The van der Waals surface area contributed by atoms with Crippen LogP contribution in [-0.4, -0.2) is 28.0 Å². The van der Waals surface area contributed by atoms with Gasteiger partial charge in [0, 0.05) is 29.1 Å². The lowest BCUT2D eigenvalue weighted by atomic mass is 9.99. The second-order valence-corrected chi connectivity index (χ2v) is 6.78. The number of piperidine rings is 1. The van der Waals surface area contributed by atoms with Crippen molar-refractivity contribution >= 4 is 47.1 Å². The zero-order chi connectivity index (χ0) is 14.8. The quantitative estimate of drug-likeness (QED) is 0.850. The fraction of sp³-hybridized carbons (Fsp3) is 0.533. The van der Waals surface area contributed by atoms with E-state index in [1.165, 1.54) is 11.3 Å². The average Bonchev–Trinajstić information content (AvgIpc) is 2.77. The van der Waals surface area contributed by atoms with E-state index in [0.717, 1.165) is 47.7 Å². The average molecular weight is 376 g/mol. The summed E-state index contributed by atoms with van der Waals surface area (Å²) in [5.74, 6) is 2.20. The smallest absolute Gasteiger partial charge is 0.188 e. The molecule has 8 heteroatoms. The third-order valence-corrected chi connectivity index (χ3v) is 4.79. The molecule has 0 aromatic carbocycles. The minimum Gasteiger partial charge on any atom is -0.316 e. The zero-order valence-corrected chi connectivity index (χ0v) is 16.0. The molecule has 0 spiro atoms. The summed E-state index contributed by atoms with van der Waals surface area (Å²) in [6.07, 6.45) is 2.35. The Bertz CT molecular complexity index is 621. The molecule has 0 radical (unpaired) electrons. The van der Waals surface area contributed by atoms with E-state index in [0.29, 0.717) is 5.92 Å². The van der Waals surface area contributed by atoms with E-state index in [4.69, 9.17) is 4.98 Å². The molecule has 2 N–H and O–H groups in total. The van der Waals surface area contributed by atoms with Crippen molar-refractivity contribution in [3.63, 3.8) is 0 Å². The van der Waals surface area contributed by atoms with Crippen molar-refractivity contribution in [3.8, 4) is 0 Å². The monoisotopic (exact) mass is 375 g/mol. The highest BCUT2D eigenvalue weighted by Crippen LogP contribution is 2.26. The van der Waals surface area contributed by atoms with Gasteiger partial charge in [-0.1, -0.05) is 0 Å². The maximum absolute atomic E-state index is 4.70. The summed E-state index contributed by atoms with van der Waals surface area (Å²) in [7, 11) is 0. The second-order valence-electron chi connectivity index (χ2n) is 5.58. The van der Waals surface area contributed by atoms with Gasteiger partial charge in [0.2, 0.25) is 0 Å². The molecule has 0 bridgehead atoms. The van der Waals surface area contributed by atoms with Crippen LogP contribution < -0.4 is 10.6 Å². The molecule has 0 saturated carbocycles. The Labute approximate surface area is 153 Å². The van der Waals surface area contributed by atoms with Gasteiger partial charge in [-0.2, -0.15) is 0 Å². The first-order valence-corrected chi connectivity index (χ1v) is 8.21. The fourth-order valence-corrected chi connectivity index (χ4v) is 3.37. The molecule has 1 unspecified atom stereocenters. The zero-order valence-electron chi connectivity index (χ0n) is 13.5. The highest BCUT2D eigenvalue weighted by Gasteiger charge is 2.19.